The van der Waals surface area contributed by atoms with Crippen LogP contribution in [0.15, 0.2) is 42.6 Å². The monoisotopic (exact) mass is 271 g/mol. The van der Waals surface area contributed by atoms with Crippen molar-refractivity contribution in [1.82, 2.24) is 10.3 Å². The summed E-state index contributed by atoms with van der Waals surface area (Å²) >= 11 is 0. The fourth-order valence-corrected chi connectivity index (χ4v) is 1.71. The molecule has 1 amide bonds. The number of nitrogens with two attached hydrogens (primary N) is 1. The number of hydrogen-bond acceptors (Lipinski definition) is 4. The fourth-order valence-electron chi connectivity index (χ4n) is 1.71. The fraction of sp³-hybridized carbons (Fsp3) is 0.200. The van der Waals surface area contributed by atoms with E-state index in [0.29, 0.717) is 24.5 Å². The molecule has 0 saturated carbocycles. The van der Waals surface area contributed by atoms with Crippen LogP contribution in [0.25, 0.3) is 0 Å². The highest BCUT2D eigenvalue weighted by Crippen LogP contribution is 2.07. The maximum Gasteiger partial charge on any atom is 0.251 e. The first-order chi connectivity index (χ1) is 9.72. The molecule has 0 bridgehead atoms. The summed E-state index contributed by atoms with van der Waals surface area (Å²) in [5, 5.41) is 2.84. The van der Waals surface area contributed by atoms with Crippen LogP contribution in [0.3, 0.4) is 0 Å². The average molecular weight is 271 g/mol. The number of nitrogens with one attached hydrogen (secondary N) is 1. The first-order valence-electron chi connectivity index (χ1n) is 6.29. The molecule has 0 aliphatic carbocycles. The third-order valence-corrected chi connectivity index (χ3v) is 2.91. The van der Waals surface area contributed by atoms with Crippen molar-refractivity contribution in [3.8, 4) is 5.88 Å². The molecule has 20 heavy (non-hydrogen) atoms. The molecule has 0 fully saturated rings. The minimum atomic E-state index is -0.121. The summed E-state index contributed by atoms with van der Waals surface area (Å²) in [4.78, 5) is 16.0. The first-order valence-corrected chi connectivity index (χ1v) is 6.29. The van der Waals surface area contributed by atoms with Gasteiger partial charge in [0.25, 0.3) is 5.91 Å². The zero-order chi connectivity index (χ0) is 14.4. The Morgan fingerprint density at radius 2 is 1.90 bits per heavy atom. The van der Waals surface area contributed by atoms with Crippen LogP contribution in [0.1, 0.15) is 21.5 Å². The molecule has 0 atom stereocenters. The van der Waals surface area contributed by atoms with Crippen molar-refractivity contribution < 1.29 is 9.53 Å². The van der Waals surface area contributed by atoms with Crippen LogP contribution in [0, 0.1) is 0 Å². The molecule has 0 saturated heterocycles. The number of hydrogen-bond donors (Lipinski definition) is 2. The Morgan fingerprint density at radius 3 is 2.45 bits per heavy atom. The van der Waals surface area contributed by atoms with Gasteiger partial charge in [0.05, 0.1) is 7.11 Å². The second-order valence-electron chi connectivity index (χ2n) is 4.29. The largest absolute Gasteiger partial charge is 0.481 e. The Kier molecular flexibility index (Phi) is 4.68. The highest BCUT2D eigenvalue weighted by molar-refractivity contribution is 5.94. The third-order valence-electron chi connectivity index (χ3n) is 2.91. The van der Waals surface area contributed by atoms with Crippen LogP contribution in [-0.4, -0.2) is 18.0 Å². The van der Waals surface area contributed by atoms with Gasteiger partial charge in [-0.1, -0.05) is 18.2 Å². The minimum Gasteiger partial charge on any atom is -0.481 e. The van der Waals surface area contributed by atoms with Gasteiger partial charge in [-0.2, -0.15) is 0 Å². The van der Waals surface area contributed by atoms with Gasteiger partial charge in [-0.3, -0.25) is 4.79 Å². The summed E-state index contributed by atoms with van der Waals surface area (Å²) in [6.07, 6.45) is 1.68. The van der Waals surface area contributed by atoms with E-state index < -0.39 is 0 Å². The second kappa shape index (κ2) is 6.68. The summed E-state index contributed by atoms with van der Waals surface area (Å²) < 4.78 is 4.98. The van der Waals surface area contributed by atoms with E-state index in [1.54, 1.807) is 31.5 Å². The van der Waals surface area contributed by atoms with E-state index in [4.69, 9.17) is 10.5 Å². The smallest absolute Gasteiger partial charge is 0.251 e. The number of benzene rings is 1. The van der Waals surface area contributed by atoms with Crippen molar-refractivity contribution in [2.24, 2.45) is 5.73 Å². The standard InChI is InChI=1S/C15H17N3O2/c1-20-14-7-4-12(9-17-14)10-18-15(19)13-5-2-11(8-16)3-6-13/h2-7,9H,8,10,16H2,1H3,(H,18,19). The lowest BCUT2D eigenvalue weighted by atomic mass is 10.1. The lowest BCUT2D eigenvalue weighted by Crippen LogP contribution is -2.22. The normalized spacial score (nSPS) is 10.1. The van der Waals surface area contributed by atoms with Crippen LogP contribution in [0.2, 0.25) is 0 Å². The molecule has 1 aromatic heterocycles. The Morgan fingerprint density at radius 1 is 1.20 bits per heavy atom. The molecule has 5 nitrogen and oxygen atoms in total. The van der Waals surface area contributed by atoms with Gasteiger partial charge in [0.1, 0.15) is 0 Å². The highest BCUT2D eigenvalue weighted by Gasteiger charge is 2.05. The molecule has 5 heteroatoms. The summed E-state index contributed by atoms with van der Waals surface area (Å²) in [5.41, 5.74) is 8.05. The van der Waals surface area contributed by atoms with Gasteiger partial charge in [0.15, 0.2) is 0 Å². The van der Waals surface area contributed by atoms with E-state index in [-0.39, 0.29) is 5.91 Å². The predicted molar refractivity (Wildman–Crippen MR) is 76.3 cm³/mol. The zero-order valence-electron chi connectivity index (χ0n) is 11.3. The Bertz CT molecular complexity index is 565. The van der Waals surface area contributed by atoms with E-state index in [0.717, 1.165) is 11.1 Å². The van der Waals surface area contributed by atoms with Crippen molar-refractivity contribution in [1.29, 1.82) is 0 Å². The van der Waals surface area contributed by atoms with Gasteiger partial charge >= 0.3 is 0 Å². The van der Waals surface area contributed by atoms with Crippen LogP contribution in [0.4, 0.5) is 0 Å². The molecule has 2 rings (SSSR count). The maximum atomic E-state index is 12.0. The van der Waals surface area contributed by atoms with Gasteiger partial charge in [-0.25, -0.2) is 4.98 Å². The van der Waals surface area contributed by atoms with Crippen molar-refractivity contribution in [2.75, 3.05) is 7.11 Å². The summed E-state index contributed by atoms with van der Waals surface area (Å²) in [6, 6.07) is 10.9. The number of nitrogens with zero attached hydrogens (tertiary/aromatic N) is 1. The molecule has 1 heterocycles. The van der Waals surface area contributed by atoms with Gasteiger partial charge in [-0.15, -0.1) is 0 Å². The van der Waals surface area contributed by atoms with Crippen LogP contribution in [-0.2, 0) is 13.1 Å². The van der Waals surface area contributed by atoms with Crippen molar-refractivity contribution in [3.63, 3.8) is 0 Å². The SMILES string of the molecule is COc1ccc(CNC(=O)c2ccc(CN)cc2)cn1. The molecular weight excluding hydrogens is 254 g/mol. The van der Waals surface area contributed by atoms with E-state index in [1.807, 2.05) is 18.2 Å². The highest BCUT2D eigenvalue weighted by atomic mass is 16.5. The Labute approximate surface area is 117 Å². The Hall–Kier alpha value is -2.40. The molecular formula is C15H17N3O2. The molecule has 2 aromatic rings. The lowest BCUT2D eigenvalue weighted by Gasteiger charge is -2.06. The number of ether oxygens (including phenoxy) is 1. The van der Waals surface area contributed by atoms with Crippen LogP contribution >= 0.6 is 0 Å². The van der Waals surface area contributed by atoms with Crippen molar-refractivity contribution in [3.05, 3.63) is 59.3 Å². The van der Waals surface area contributed by atoms with Gasteiger partial charge in [0, 0.05) is 30.9 Å². The average Bonchev–Trinajstić information content (AvgIpc) is 2.53. The van der Waals surface area contributed by atoms with E-state index >= 15 is 0 Å². The number of carbonyl (C=O) groups excluding carboxylic acids is 1. The third kappa shape index (κ3) is 3.55. The number of aromatic nitrogens is 1. The molecule has 0 radical (unpaired) electrons. The Balaban J connectivity index is 1.93. The zero-order valence-corrected chi connectivity index (χ0v) is 11.3. The second-order valence-corrected chi connectivity index (χ2v) is 4.29. The number of carbonyl (C=O) groups is 1. The molecule has 3 N–H and O–H groups in total. The number of methoxy groups -OCH3 is 1. The van der Waals surface area contributed by atoms with Gasteiger partial charge in [0.2, 0.25) is 5.88 Å². The predicted octanol–water partition coefficient (Wildman–Crippen LogP) is 1.48. The number of pyridine rings is 1. The number of amides is 1. The van der Waals surface area contributed by atoms with E-state index in [2.05, 4.69) is 10.3 Å². The van der Waals surface area contributed by atoms with Gasteiger partial charge < -0.3 is 15.8 Å². The van der Waals surface area contributed by atoms with Crippen LogP contribution < -0.4 is 15.8 Å². The van der Waals surface area contributed by atoms with E-state index in [1.165, 1.54) is 0 Å². The van der Waals surface area contributed by atoms with Crippen molar-refractivity contribution in [2.45, 2.75) is 13.1 Å². The molecule has 104 valence electrons. The summed E-state index contributed by atoms with van der Waals surface area (Å²) in [7, 11) is 1.56. The maximum absolute atomic E-state index is 12.0. The lowest BCUT2D eigenvalue weighted by molar-refractivity contribution is 0.0951. The molecule has 0 aliphatic rings. The van der Waals surface area contributed by atoms with E-state index in [9.17, 15) is 4.79 Å². The molecule has 0 spiro atoms. The minimum absolute atomic E-state index is 0.121. The molecule has 0 aliphatic heterocycles. The van der Waals surface area contributed by atoms with Crippen LogP contribution in [0.5, 0.6) is 5.88 Å². The van der Waals surface area contributed by atoms with Crippen molar-refractivity contribution >= 4 is 5.91 Å². The quantitative estimate of drug-likeness (QED) is 0.863. The number of rotatable bonds is 5. The molecule has 1 aromatic carbocycles. The summed E-state index contributed by atoms with van der Waals surface area (Å²) in [6.45, 7) is 0.897. The topological polar surface area (TPSA) is 77.2 Å². The van der Waals surface area contributed by atoms with Gasteiger partial charge in [-0.05, 0) is 23.3 Å². The first kappa shape index (κ1) is 14.0. The summed E-state index contributed by atoms with van der Waals surface area (Å²) in [5.74, 6) is 0.432. The molecule has 0 unspecified atom stereocenters.